The predicted octanol–water partition coefficient (Wildman–Crippen LogP) is 5.42. The molecule has 21 heavy (non-hydrogen) atoms. The van der Waals surface area contributed by atoms with Gasteiger partial charge in [0, 0.05) is 6.42 Å². The molecule has 0 saturated carbocycles. The van der Waals surface area contributed by atoms with Gasteiger partial charge in [0.25, 0.3) is 0 Å². The number of allylic oxidation sites excluding steroid dienone is 1. The Morgan fingerprint density at radius 1 is 1.14 bits per heavy atom. The third-order valence-corrected chi connectivity index (χ3v) is 8.22. The van der Waals surface area contributed by atoms with E-state index < -0.39 is 8.32 Å². The van der Waals surface area contributed by atoms with Crippen molar-refractivity contribution >= 4 is 14.6 Å². The summed E-state index contributed by atoms with van der Waals surface area (Å²) in [5, 5.41) is 0.0998. The summed E-state index contributed by atoms with van der Waals surface area (Å²) >= 11 is 0. The molecule has 1 unspecified atom stereocenters. The monoisotopic (exact) mass is 314 g/mol. The molecule has 0 heterocycles. The Morgan fingerprint density at radius 3 is 2.33 bits per heavy atom. The third kappa shape index (κ3) is 9.22. The molecule has 0 bridgehead atoms. The summed E-state index contributed by atoms with van der Waals surface area (Å²) in [6.07, 6.45) is 11.1. The van der Waals surface area contributed by atoms with Gasteiger partial charge in [0.2, 0.25) is 8.32 Å². The fourth-order valence-electron chi connectivity index (χ4n) is 1.49. The Hall–Kier alpha value is -0.453. The van der Waals surface area contributed by atoms with E-state index in [0.29, 0.717) is 6.42 Å². The zero-order valence-electron chi connectivity index (χ0n) is 14.8. The zero-order valence-corrected chi connectivity index (χ0v) is 15.8. The lowest BCUT2D eigenvalue weighted by molar-refractivity contribution is -0.244. The van der Waals surface area contributed by atoms with Crippen LogP contribution in [0.3, 0.4) is 0 Å². The van der Waals surface area contributed by atoms with Crippen LogP contribution < -0.4 is 0 Å². The first-order valence-corrected chi connectivity index (χ1v) is 11.1. The molecule has 0 rings (SSSR count). The smallest absolute Gasteiger partial charge is 0.238 e. The van der Waals surface area contributed by atoms with Gasteiger partial charge >= 0.3 is 0 Å². The Balaban J connectivity index is 4.24. The summed E-state index contributed by atoms with van der Waals surface area (Å²) in [5.41, 5.74) is 0. The van der Waals surface area contributed by atoms with Crippen molar-refractivity contribution in [3.8, 4) is 0 Å². The second kappa shape index (κ2) is 10.3. The first kappa shape index (κ1) is 20.5. The summed E-state index contributed by atoms with van der Waals surface area (Å²) in [4.78, 5) is 16.3. The number of hydrogen-bond acceptors (Lipinski definition) is 3. The highest BCUT2D eigenvalue weighted by Crippen LogP contribution is 2.36. The van der Waals surface area contributed by atoms with Crippen LogP contribution in [0.1, 0.15) is 66.2 Å². The highest BCUT2D eigenvalue weighted by atomic mass is 28.4. The number of unbranched alkanes of at least 4 members (excludes halogenated alkanes) is 4. The van der Waals surface area contributed by atoms with Gasteiger partial charge < -0.3 is 4.79 Å². The van der Waals surface area contributed by atoms with Gasteiger partial charge in [-0.1, -0.05) is 59.1 Å². The number of aldehydes is 1. The summed E-state index contributed by atoms with van der Waals surface area (Å²) in [6.45, 7) is 13.0. The van der Waals surface area contributed by atoms with Gasteiger partial charge in [-0.25, -0.2) is 4.89 Å². The molecular weight excluding hydrogens is 280 g/mol. The van der Waals surface area contributed by atoms with Crippen molar-refractivity contribution in [2.75, 3.05) is 0 Å². The topological polar surface area (TPSA) is 35.5 Å². The van der Waals surface area contributed by atoms with E-state index >= 15 is 0 Å². The Kier molecular flexibility index (Phi) is 10.1. The van der Waals surface area contributed by atoms with E-state index in [1.807, 2.05) is 6.08 Å². The number of carbonyl (C=O) groups is 1. The molecule has 0 amide bonds. The van der Waals surface area contributed by atoms with Crippen molar-refractivity contribution in [3.63, 3.8) is 0 Å². The molecule has 1 atom stereocenters. The van der Waals surface area contributed by atoms with Crippen LogP contribution in [0.25, 0.3) is 0 Å². The molecule has 0 aromatic heterocycles. The van der Waals surface area contributed by atoms with Crippen LogP contribution in [0.4, 0.5) is 0 Å². The molecule has 0 aromatic rings. The van der Waals surface area contributed by atoms with E-state index in [1.54, 1.807) is 0 Å². The standard InChI is InChI=1S/C17H34O3Si/c1-7-8-9-10-11-12-13-16(14-15-18)19-20-21(5,6)17(2,3)4/h12-13,15-16H,7-11,14H2,1-6H3/b13-12+. The molecular formula is C17H34O3Si. The largest absolute Gasteiger partial charge is 0.303 e. The van der Waals surface area contributed by atoms with Gasteiger partial charge in [0.1, 0.15) is 12.4 Å². The minimum absolute atomic E-state index is 0.0998. The van der Waals surface area contributed by atoms with Gasteiger partial charge in [-0.2, -0.15) is 0 Å². The Bertz CT molecular complexity index is 306. The second-order valence-corrected chi connectivity index (χ2v) is 11.8. The van der Waals surface area contributed by atoms with E-state index in [4.69, 9.17) is 9.46 Å². The maximum Gasteiger partial charge on any atom is 0.238 e. The molecule has 0 aliphatic rings. The highest BCUT2D eigenvalue weighted by Gasteiger charge is 2.39. The second-order valence-electron chi connectivity index (χ2n) is 7.16. The highest BCUT2D eigenvalue weighted by molar-refractivity contribution is 6.73. The minimum Gasteiger partial charge on any atom is -0.303 e. The first-order chi connectivity index (χ1) is 9.74. The number of rotatable bonds is 11. The maximum atomic E-state index is 10.8. The fourth-order valence-corrected chi connectivity index (χ4v) is 2.10. The summed E-state index contributed by atoms with van der Waals surface area (Å²) < 4.78 is 5.73. The molecule has 124 valence electrons. The third-order valence-electron chi connectivity index (χ3n) is 4.09. The summed E-state index contributed by atoms with van der Waals surface area (Å²) in [7, 11) is -1.93. The van der Waals surface area contributed by atoms with Crippen LogP contribution in [0.2, 0.25) is 18.1 Å². The average Bonchev–Trinajstić information content (AvgIpc) is 2.38. The molecule has 0 aliphatic carbocycles. The molecule has 0 radical (unpaired) electrons. The van der Waals surface area contributed by atoms with Crippen molar-refractivity contribution in [2.45, 2.75) is 90.5 Å². The van der Waals surface area contributed by atoms with Crippen LogP contribution >= 0.6 is 0 Å². The van der Waals surface area contributed by atoms with E-state index in [2.05, 4.69) is 46.9 Å². The number of hydrogen-bond donors (Lipinski definition) is 0. The average molecular weight is 315 g/mol. The lowest BCUT2D eigenvalue weighted by Crippen LogP contribution is -2.41. The van der Waals surface area contributed by atoms with Crippen LogP contribution in [-0.2, 0) is 14.3 Å². The normalized spacial score (nSPS) is 14.6. The van der Waals surface area contributed by atoms with E-state index in [0.717, 1.165) is 12.7 Å². The van der Waals surface area contributed by atoms with Crippen molar-refractivity contribution in [1.82, 2.24) is 0 Å². The SMILES string of the molecule is CCCCCC/C=C/C(CC=O)OO[Si](C)(C)C(C)(C)C. The van der Waals surface area contributed by atoms with E-state index in [1.165, 1.54) is 25.7 Å². The van der Waals surface area contributed by atoms with E-state index in [9.17, 15) is 4.79 Å². The molecule has 0 spiro atoms. The molecule has 3 nitrogen and oxygen atoms in total. The van der Waals surface area contributed by atoms with Gasteiger partial charge in [-0.15, -0.1) is 0 Å². The molecule has 0 aliphatic heterocycles. The number of carbonyl (C=O) groups excluding carboxylic acids is 1. The lowest BCUT2D eigenvalue weighted by atomic mass is 10.1. The molecule has 4 heteroatoms. The van der Waals surface area contributed by atoms with Crippen LogP contribution in [0.5, 0.6) is 0 Å². The fraction of sp³-hybridized carbons (Fsp3) is 0.824. The van der Waals surface area contributed by atoms with Gasteiger partial charge in [0.15, 0.2) is 0 Å². The van der Waals surface area contributed by atoms with Crippen molar-refractivity contribution < 1.29 is 14.3 Å². The van der Waals surface area contributed by atoms with Gasteiger partial charge in [0.05, 0.1) is 0 Å². The zero-order chi connectivity index (χ0) is 16.4. The van der Waals surface area contributed by atoms with Gasteiger partial charge in [-0.3, -0.25) is 4.58 Å². The molecule has 0 aromatic carbocycles. The Labute approximate surface area is 132 Å². The van der Waals surface area contributed by atoms with Crippen molar-refractivity contribution in [1.29, 1.82) is 0 Å². The van der Waals surface area contributed by atoms with Crippen molar-refractivity contribution in [3.05, 3.63) is 12.2 Å². The van der Waals surface area contributed by atoms with Crippen LogP contribution in [-0.4, -0.2) is 20.7 Å². The van der Waals surface area contributed by atoms with Gasteiger partial charge in [-0.05, 0) is 31.0 Å². The lowest BCUT2D eigenvalue weighted by Gasteiger charge is -2.35. The minimum atomic E-state index is -1.93. The maximum absolute atomic E-state index is 10.8. The first-order valence-electron chi connectivity index (χ1n) is 8.19. The summed E-state index contributed by atoms with van der Waals surface area (Å²) in [5.74, 6) is 0. The quantitative estimate of drug-likeness (QED) is 0.127. The van der Waals surface area contributed by atoms with Crippen LogP contribution in [0, 0.1) is 0 Å². The molecule has 0 N–H and O–H groups in total. The summed E-state index contributed by atoms with van der Waals surface area (Å²) in [6, 6.07) is 0. The van der Waals surface area contributed by atoms with E-state index in [-0.39, 0.29) is 11.1 Å². The van der Waals surface area contributed by atoms with Crippen LogP contribution in [0.15, 0.2) is 12.2 Å². The Morgan fingerprint density at radius 2 is 1.81 bits per heavy atom. The van der Waals surface area contributed by atoms with Crippen molar-refractivity contribution in [2.24, 2.45) is 0 Å². The molecule has 0 saturated heterocycles. The molecule has 0 fully saturated rings. The predicted molar refractivity (Wildman–Crippen MR) is 91.7 cm³/mol.